The molecule has 2 atom stereocenters. The van der Waals surface area contributed by atoms with Crippen LogP contribution in [0.4, 0.5) is 4.79 Å². The zero-order valence-corrected chi connectivity index (χ0v) is 20.2. The van der Waals surface area contributed by atoms with Gasteiger partial charge in [0.15, 0.2) is 0 Å². The molecule has 1 amide bonds. The third-order valence-corrected chi connectivity index (χ3v) is 5.41. The average Bonchev–Trinajstić information content (AvgIpc) is 2.60. The number of phosphoric acid groups is 1. The third kappa shape index (κ3) is 17.9. The van der Waals surface area contributed by atoms with Crippen LogP contribution in [0.15, 0.2) is 0 Å². The fraction of sp³-hybridized carbons (Fsp3) is 0.950. The van der Waals surface area contributed by atoms with Crippen molar-refractivity contribution in [3.05, 3.63) is 0 Å². The highest BCUT2D eigenvalue weighted by Crippen LogP contribution is 2.38. The van der Waals surface area contributed by atoms with E-state index >= 15 is 0 Å². The van der Waals surface area contributed by atoms with E-state index in [4.69, 9.17) is 13.8 Å². The fourth-order valence-corrected chi connectivity index (χ4v) is 3.30. The minimum absolute atomic E-state index is 0.0461. The number of amides is 1. The Balaban J connectivity index is 4.35. The van der Waals surface area contributed by atoms with Gasteiger partial charge in [0.1, 0.15) is 19.3 Å². The number of hydrogen-bond donors (Lipinski definition) is 0. The summed E-state index contributed by atoms with van der Waals surface area (Å²) in [5.74, 6) is 0. The SMILES string of the molecule is CCCCCCCCCCC(COP(=O)([O-])OCC[N+](C)(C)C)OC(=O)N(C)C. The molecule has 0 saturated carbocycles. The topological polar surface area (TPSA) is 88.1 Å². The second-order valence-electron chi connectivity index (χ2n) is 8.75. The van der Waals surface area contributed by atoms with Gasteiger partial charge >= 0.3 is 6.09 Å². The molecule has 0 aliphatic carbocycles. The number of quaternary nitrogens is 1. The first-order valence-electron chi connectivity index (χ1n) is 10.8. The molecule has 0 aromatic heterocycles. The fourth-order valence-electron chi connectivity index (χ4n) is 2.57. The van der Waals surface area contributed by atoms with Crippen molar-refractivity contribution in [1.82, 2.24) is 4.90 Å². The molecule has 29 heavy (non-hydrogen) atoms. The van der Waals surface area contributed by atoms with Crippen LogP contribution < -0.4 is 4.89 Å². The lowest BCUT2D eigenvalue weighted by Crippen LogP contribution is -2.37. The molecule has 0 aliphatic rings. The van der Waals surface area contributed by atoms with E-state index in [2.05, 4.69) is 6.92 Å². The molecule has 0 aromatic carbocycles. The highest BCUT2D eigenvalue weighted by molar-refractivity contribution is 7.45. The molecule has 0 saturated heterocycles. The van der Waals surface area contributed by atoms with Crippen LogP contribution in [0.5, 0.6) is 0 Å². The zero-order chi connectivity index (χ0) is 22.3. The van der Waals surface area contributed by atoms with E-state index in [1.807, 2.05) is 21.1 Å². The van der Waals surface area contributed by atoms with Gasteiger partial charge in [-0.25, -0.2) is 4.79 Å². The lowest BCUT2D eigenvalue weighted by atomic mass is 10.1. The summed E-state index contributed by atoms with van der Waals surface area (Å²) < 4.78 is 27.8. The standard InChI is InChI=1S/C20H43N2O6P/c1-7-8-9-10-11-12-13-14-15-19(28-20(23)21(2)3)18-27-29(24,25)26-17-16-22(4,5)6/h19H,7-18H2,1-6H3. The summed E-state index contributed by atoms with van der Waals surface area (Å²) in [5, 5.41) is 0. The van der Waals surface area contributed by atoms with Crippen molar-refractivity contribution in [3.8, 4) is 0 Å². The maximum atomic E-state index is 12.0. The van der Waals surface area contributed by atoms with Gasteiger partial charge in [-0.3, -0.25) is 4.57 Å². The molecule has 9 heteroatoms. The Hall–Kier alpha value is -0.660. The Kier molecular flexibility index (Phi) is 14.8. The van der Waals surface area contributed by atoms with Crippen LogP contribution in [0.2, 0.25) is 0 Å². The Bertz CT molecular complexity index is 482. The second kappa shape index (κ2) is 15.2. The van der Waals surface area contributed by atoms with Gasteiger partial charge in [0.2, 0.25) is 0 Å². The van der Waals surface area contributed by atoms with Crippen LogP contribution in [0.1, 0.15) is 64.7 Å². The normalized spacial score (nSPS) is 15.0. The summed E-state index contributed by atoms with van der Waals surface area (Å²) in [6, 6.07) is 0. The monoisotopic (exact) mass is 438 g/mol. The maximum absolute atomic E-state index is 12.0. The van der Waals surface area contributed by atoms with Crippen molar-refractivity contribution in [3.63, 3.8) is 0 Å². The molecular formula is C20H43N2O6P. The van der Waals surface area contributed by atoms with Crippen LogP contribution in [0.3, 0.4) is 0 Å². The number of hydrogen-bond acceptors (Lipinski definition) is 6. The first-order valence-corrected chi connectivity index (χ1v) is 12.2. The smallest absolute Gasteiger partial charge is 0.409 e. The lowest BCUT2D eigenvalue weighted by Gasteiger charge is -2.28. The van der Waals surface area contributed by atoms with E-state index < -0.39 is 20.0 Å². The van der Waals surface area contributed by atoms with Gasteiger partial charge in [-0.2, -0.15) is 0 Å². The molecule has 0 rings (SSSR count). The van der Waals surface area contributed by atoms with E-state index in [9.17, 15) is 14.3 Å². The van der Waals surface area contributed by atoms with Crippen LogP contribution in [0.25, 0.3) is 0 Å². The molecule has 174 valence electrons. The molecule has 0 spiro atoms. The Labute approximate surface area is 177 Å². The van der Waals surface area contributed by atoms with Crippen LogP contribution in [-0.4, -0.2) is 76.6 Å². The Morgan fingerprint density at radius 2 is 1.55 bits per heavy atom. The second-order valence-corrected chi connectivity index (χ2v) is 10.2. The van der Waals surface area contributed by atoms with Gasteiger partial charge < -0.3 is 28.1 Å². The van der Waals surface area contributed by atoms with Gasteiger partial charge in [-0.15, -0.1) is 0 Å². The van der Waals surface area contributed by atoms with Crippen LogP contribution >= 0.6 is 7.82 Å². The summed E-state index contributed by atoms with van der Waals surface area (Å²) in [7, 11) is 4.58. The first kappa shape index (κ1) is 28.3. The largest absolute Gasteiger partial charge is 0.756 e. The minimum Gasteiger partial charge on any atom is -0.756 e. The van der Waals surface area contributed by atoms with E-state index in [0.717, 1.165) is 19.3 Å². The Morgan fingerprint density at radius 3 is 2.07 bits per heavy atom. The number of phosphoric ester groups is 1. The molecule has 0 aromatic rings. The van der Waals surface area contributed by atoms with Crippen LogP contribution in [-0.2, 0) is 18.3 Å². The van der Waals surface area contributed by atoms with Gasteiger partial charge in [-0.1, -0.05) is 51.9 Å². The number of likely N-dealkylation sites (N-methyl/N-ethyl adjacent to an activating group) is 1. The summed E-state index contributed by atoms with van der Waals surface area (Å²) >= 11 is 0. The number of rotatable bonds is 17. The number of carbonyl (C=O) groups is 1. The number of ether oxygens (including phenoxy) is 1. The minimum atomic E-state index is -4.43. The predicted molar refractivity (Wildman–Crippen MR) is 114 cm³/mol. The van der Waals surface area contributed by atoms with Crippen molar-refractivity contribution < 1.29 is 32.5 Å². The number of nitrogens with zero attached hydrogens (tertiary/aromatic N) is 2. The molecule has 0 fully saturated rings. The van der Waals surface area contributed by atoms with Gasteiger partial charge in [0, 0.05) is 14.1 Å². The van der Waals surface area contributed by atoms with Gasteiger partial charge in [-0.05, 0) is 12.8 Å². The molecule has 8 nitrogen and oxygen atoms in total. The molecule has 0 aliphatic heterocycles. The quantitative estimate of drug-likeness (QED) is 0.195. The molecule has 0 radical (unpaired) electrons. The molecule has 0 heterocycles. The van der Waals surface area contributed by atoms with Gasteiger partial charge in [0.25, 0.3) is 7.82 Å². The van der Waals surface area contributed by atoms with Crippen LogP contribution in [0, 0.1) is 0 Å². The lowest BCUT2D eigenvalue weighted by molar-refractivity contribution is -0.870. The molecular weight excluding hydrogens is 395 g/mol. The zero-order valence-electron chi connectivity index (χ0n) is 19.4. The molecule has 2 unspecified atom stereocenters. The van der Waals surface area contributed by atoms with E-state index in [1.165, 1.54) is 37.0 Å². The predicted octanol–water partition coefficient (Wildman–Crippen LogP) is 3.79. The van der Waals surface area contributed by atoms with E-state index in [-0.39, 0.29) is 13.2 Å². The van der Waals surface area contributed by atoms with Crippen molar-refractivity contribution in [2.24, 2.45) is 0 Å². The van der Waals surface area contributed by atoms with Crippen molar-refractivity contribution in [2.75, 3.05) is 55.0 Å². The highest BCUT2D eigenvalue weighted by Gasteiger charge is 2.20. The summed E-state index contributed by atoms with van der Waals surface area (Å²) in [5.41, 5.74) is 0. The van der Waals surface area contributed by atoms with E-state index in [1.54, 1.807) is 14.1 Å². The molecule has 0 N–H and O–H groups in total. The number of carbonyl (C=O) groups excluding carboxylic acids is 1. The third-order valence-electron chi connectivity index (χ3n) is 4.44. The van der Waals surface area contributed by atoms with Gasteiger partial charge in [0.05, 0.1) is 27.7 Å². The Morgan fingerprint density at radius 1 is 1.00 bits per heavy atom. The first-order chi connectivity index (χ1) is 13.5. The van der Waals surface area contributed by atoms with E-state index in [0.29, 0.717) is 17.4 Å². The number of unbranched alkanes of at least 4 members (excludes halogenated alkanes) is 7. The van der Waals surface area contributed by atoms with Crippen molar-refractivity contribution in [1.29, 1.82) is 0 Å². The van der Waals surface area contributed by atoms with Crippen molar-refractivity contribution >= 4 is 13.9 Å². The van der Waals surface area contributed by atoms with Crippen molar-refractivity contribution in [2.45, 2.75) is 70.8 Å². The summed E-state index contributed by atoms with van der Waals surface area (Å²) in [6.07, 6.45) is 8.70. The summed E-state index contributed by atoms with van der Waals surface area (Å²) in [6.45, 7) is 2.56. The molecule has 0 bridgehead atoms. The summed E-state index contributed by atoms with van der Waals surface area (Å²) in [4.78, 5) is 25.1. The average molecular weight is 439 g/mol. The highest BCUT2D eigenvalue weighted by atomic mass is 31.2. The maximum Gasteiger partial charge on any atom is 0.409 e.